The van der Waals surface area contributed by atoms with Crippen LogP contribution in [0.25, 0.3) is 0 Å². The Morgan fingerprint density at radius 1 is 1.12 bits per heavy atom. The van der Waals surface area contributed by atoms with E-state index in [9.17, 15) is 9.59 Å². The van der Waals surface area contributed by atoms with Gasteiger partial charge in [-0.1, -0.05) is 41.9 Å². The molecule has 0 aliphatic carbocycles. The first-order chi connectivity index (χ1) is 16.6. The highest BCUT2D eigenvalue weighted by atomic mass is 35.5. The Bertz CT molecular complexity index is 1100. The van der Waals surface area contributed by atoms with Crippen molar-refractivity contribution in [2.24, 2.45) is 0 Å². The number of rotatable bonds is 9. The molecule has 1 unspecified atom stereocenters. The summed E-state index contributed by atoms with van der Waals surface area (Å²) >= 11 is 7.86. The fourth-order valence-electron chi connectivity index (χ4n) is 4.36. The number of carbonyl (C=O) groups is 2. The number of amides is 2. The average molecular weight is 497 g/mol. The Labute approximate surface area is 209 Å². The summed E-state index contributed by atoms with van der Waals surface area (Å²) in [6, 6.07) is 18.7. The molecular formula is C27H29ClN2O3S. The summed E-state index contributed by atoms with van der Waals surface area (Å²) in [5, 5.41) is 2.75. The number of hydrogen-bond acceptors (Lipinski definition) is 4. The molecule has 1 aliphatic rings. The molecule has 3 aromatic rings. The van der Waals surface area contributed by atoms with Crippen molar-refractivity contribution >= 4 is 34.8 Å². The molecule has 0 radical (unpaired) electrons. The lowest BCUT2D eigenvalue weighted by Gasteiger charge is -2.37. The minimum Gasteiger partial charge on any atom is -0.382 e. The minimum absolute atomic E-state index is 0.0312. The lowest BCUT2D eigenvalue weighted by atomic mass is 9.93. The second kappa shape index (κ2) is 11.6. The van der Waals surface area contributed by atoms with Gasteiger partial charge in [0.2, 0.25) is 5.91 Å². The van der Waals surface area contributed by atoms with Gasteiger partial charge in [-0.15, -0.1) is 11.3 Å². The number of benzene rings is 2. The van der Waals surface area contributed by atoms with Crippen molar-refractivity contribution in [3.8, 4) is 0 Å². The molecule has 0 saturated carbocycles. The van der Waals surface area contributed by atoms with Crippen LogP contribution in [0, 0.1) is 0 Å². The highest BCUT2D eigenvalue weighted by molar-refractivity contribution is 7.10. The van der Waals surface area contributed by atoms with E-state index in [2.05, 4.69) is 11.4 Å². The normalized spacial score (nSPS) is 15.1. The molecule has 34 heavy (non-hydrogen) atoms. The summed E-state index contributed by atoms with van der Waals surface area (Å²) in [5.74, 6) is -0.195. The van der Waals surface area contributed by atoms with Crippen LogP contribution < -0.4 is 0 Å². The minimum atomic E-state index is -0.183. The van der Waals surface area contributed by atoms with Gasteiger partial charge in [0, 0.05) is 41.8 Å². The third-order valence-electron chi connectivity index (χ3n) is 6.03. The van der Waals surface area contributed by atoms with Crippen LogP contribution in [0.1, 0.15) is 45.7 Å². The maximum atomic E-state index is 13.7. The van der Waals surface area contributed by atoms with Gasteiger partial charge in [-0.2, -0.15) is 0 Å². The van der Waals surface area contributed by atoms with Gasteiger partial charge in [-0.25, -0.2) is 0 Å². The molecule has 0 bridgehead atoms. The van der Waals surface area contributed by atoms with Crippen molar-refractivity contribution in [2.75, 3.05) is 32.8 Å². The van der Waals surface area contributed by atoms with Crippen molar-refractivity contribution in [1.29, 1.82) is 0 Å². The first-order valence-corrected chi connectivity index (χ1v) is 12.9. The summed E-state index contributed by atoms with van der Waals surface area (Å²) in [6.45, 7) is 4.24. The molecular weight excluding hydrogens is 468 g/mol. The van der Waals surface area contributed by atoms with Crippen LogP contribution in [0.2, 0.25) is 5.02 Å². The van der Waals surface area contributed by atoms with Gasteiger partial charge in [0.05, 0.1) is 6.04 Å². The van der Waals surface area contributed by atoms with Gasteiger partial charge >= 0.3 is 0 Å². The van der Waals surface area contributed by atoms with Crippen molar-refractivity contribution in [3.05, 3.63) is 92.6 Å². The molecule has 4 rings (SSSR count). The summed E-state index contributed by atoms with van der Waals surface area (Å²) in [5.41, 5.74) is 2.76. The van der Waals surface area contributed by atoms with E-state index in [0.717, 1.165) is 17.5 Å². The molecule has 1 aliphatic heterocycles. The fourth-order valence-corrected chi connectivity index (χ4v) is 5.39. The van der Waals surface area contributed by atoms with Crippen molar-refractivity contribution in [1.82, 2.24) is 9.80 Å². The predicted molar refractivity (Wildman–Crippen MR) is 136 cm³/mol. The molecule has 0 spiro atoms. The zero-order valence-corrected chi connectivity index (χ0v) is 20.9. The topological polar surface area (TPSA) is 49.9 Å². The first kappa shape index (κ1) is 24.5. The summed E-state index contributed by atoms with van der Waals surface area (Å²) in [7, 11) is 0. The quantitative estimate of drug-likeness (QED) is 0.370. The van der Waals surface area contributed by atoms with E-state index in [4.69, 9.17) is 16.3 Å². The van der Waals surface area contributed by atoms with Gasteiger partial charge in [-0.3, -0.25) is 9.59 Å². The number of ether oxygens (including phenoxy) is 1. The lowest BCUT2D eigenvalue weighted by Crippen LogP contribution is -2.47. The van der Waals surface area contributed by atoms with E-state index < -0.39 is 0 Å². The van der Waals surface area contributed by atoms with E-state index >= 15 is 0 Å². The Balaban J connectivity index is 1.57. The molecule has 2 amide bonds. The van der Waals surface area contributed by atoms with Crippen LogP contribution in [0.4, 0.5) is 0 Å². The molecule has 0 saturated heterocycles. The van der Waals surface area contributed by atoms with Crippen molar-refractivity contribution < 1.29 is 14.3 Å². The van der Waals surface area contributed by atoms with Crippen LogP contribution in [0.15, 0.2) is 66.0 Å². The van der Waals surface area contributed by atoms with Crippen LogP contribution in [-0.4, -0.2) is 54.5 Å². The second-order valence-electron chi connectivity index (χ2n) is 8.23. The molecule has 178 valence electrons. The standard InChI is InChI=1S/C27H29ClN2O3S/c1-2-33-17-6-15-29(27(32)21-7-4-3-5-8-21)19-25(31)30-16-13-24-23(14-18-34-24)26(30)20-9-11-22(28)12-10-20/h3-5,7-12,14,18,26H,2,6,13,15-17,19H2,1H3. The van der Waals surface area contributed by atoms with Crippen LogP contribution in [-0.2, 0) is 16.0 Å². The predicted octanol–water partition coefficient (Wildman–Crippen LogP) is 5.44. The lowest BCUT2D eigenvalue weighted by molar-refractivity contribution is -0.134. The number of carbonyl (C=O) groups excluding carboxylic acids is 2. The molecule has 1 atom stereocenters. The van der Waals surface area contributed by atoms with E-state index in [1.54, 1.807) is 28.4 Å². The Morgan fingerprint density at radius 3 is 2.62 bits per heavy atom. The largest absolute Gasteiger partial charge is 0.382 e. The zero-order chi connectivity index (χ0) is 23.9. The van der Waals surface area contributed by atoms with Crippen LogP contribution in [0.5, 0.6) is 0 Å². The Morgan fingerprint density at radius 2 is 1.88 bits per heavy atom. The highest BCUT2D eigenvalue weighted by Crippen LogP contribution is 2.38. The van der Waals surface area contributed by atoms with Crippen LogP contribution >= 0.6 is 22.9 Å². The SMILES string of the molecule is CCOCCCN(CC(=O)N1CCc2sccc2C1c1ccc(Cl)cc1)C(=O)c1ccccc1. The maximum Gasteiger partial charge on any atom is 0.254 e. The Hall–Kier alpha value is -2.67. The maximum absolute atomic E-state index is 13.7. The summed E-state index contributed by atoms with van der Waals surface area (Å²) in [6.07, 6.45) is 1.49. The first-order valence-electron chi connectivity index (χ1n) is 11.6. The van der Waals surface area contributed by atoms with Crippen molar-refractivity contribution in [2.45, 2.75) is 25.8 Å². The van der Waals surface area contributed by atoms with Crippen LogP contribution in [0.3, 0.4) is 0 Å². The molecule has 0 fully saturated rings. The van der Waals surface area contributed by atoms with E-state index in [1.807, 2.05) is 54.3 Å². The average Bonchev–Trinajstić information content (AvgIpc) is 3.35. The Kier molecular flexibility index (Phi) is 8.38. The number of thiophene rings is 1. The third kappa shape index (κ3) is 5.69. The van der Waals surface area contributed by atoms with Gasteiger partial charge in [-0.05, 0) is 66.6 Å². The number of fused-ring (bicyclic) bond motifs is 1. The highest BCUT2D eigenvalue weighted by Gasteiger charge is 2.34. The molecule has 1 aromatic heterocycles. The third-order valence-corrected chi connectivity index (χ3v) is 7.28. The number of halogens is 1. The van der Waals surface area contributed by atoms with Gasteiger partial charge in [0.1, 0.15) is 6.54 Å². The molecule has 2 heterocycles. The summed E-state index contributed by atoms with van der Waals surface area (Å²) < 4.78 is 5.46. The van der Waals surface area contributed by atoms with E-state index in [0.29, 0.717) is 43.3 Å². The smallest absolute Gasteiger partial charge is 0.254 e. The summed E-state index contributed by atoms with van der Waals surface area (Å²) in [4.78, 5) is 31.8. The number of hydrogen-bond donors (Lipinski definition) is 0. The van der Waals surface area contributed by atoms with Crippen molar-refractivity contribution in [3.63, 3.8) is 0 Å². The van der Waals surface area contributed by atoms with Gasteiger partial charge in [0.15, 0.2) is 0 Å². The zero-order valence-electron chi connectivity index (χ0n) is 19.3. The van der Waals surface area contributed by atoms with Gasteiger partial charge in [0.25, 0.3) is 5.91 Å². The monoisotopic (exact) mass is 496 g/mol. The molecule has 7 heteroatoms. The fraction of sp³-hybridized carbons (Fsp3) is 0.333. The van der Waals surface area contributed by atoms with E-state index in [1.165, 1.54) is 4.88 Å². The molecule has 5 nitrogen and oxygen atoms in total. The van der Waals surface area contributed by atoms with E-state index in [-0.39, 0.29) is 24.4 Å². The second-order valence-corrected chi connectivity index (χ2v) is 9.67. The molecule has 2 aromatic carbocycles. The van der Waals surface area contributed by atoms with Gasteiger partial charge < -0.3 is 14.5 Å². The molecule has 0 N–H and O–H groups in total. The number of nitrogens with zero attached hydrogens (tertiary/aromatic N) is 2.